The second-order valence-corrected chi connectivity index (χ2v) is 7.07. The van der Waals surface area contributed by atoms with Gasteiger partial charge in [-0.2, -0.15) is 0 Å². The van der Waals surface area contributed by atoms with E-state index in [0.29, 0.717) is 12.3 Å². The molecule has 1 aliphatic heterocycles. The van der Waals surface area contributed by atoms with Crippen LogP contribution in [0.25, 0.3) is 11.0 Å². The van der Waals surface area contributed by atoms with Crippen molar-refractivity contribution in [2.45, 2.75) is 39.0 Å². The van der Waals surface area contributed by atoms with E-state index in [9.17, 15) is 4.79 Å². The maximum atomic E-state index is 12.8. The number of hydrogen-bond acceptors (Lipinski definition) is 3. The molecular formula is C20H23N3O2. The van der Waals surface area contributed by atoms with Crippen LogP contribution in [-0.2, 0) is 11.2 Å². The fourth-order valence-electron chi connectivity index (χ4n) is 3.67. The molecule has 0 spiro atoms. The number of benzene rings is 1. The molecule has 0 saturated carbocycles. The van der Waals surface area contributed by atoms with Crippen molar-refractivity contribution in [2.75, 3.05) is 13.1 Å². The van der Waals surface area contributed by atoms with Crippen LogP contribution in [0.2, 0.25) is 0 Å². The van der Waals surface area contributed by atoms with E-state index in [-0.39, 0.29) is 5.91 Å². The van der Waals surface area contributed by atoms with Crippen LogP contribution >= 0.6 is 0 Å². The van der Waals surface area contributed by atoms with Gasteiger partial charge in [0.05, 0.1) is 12.7 Å². The predicted octanol–water partition coefficient (Wildman–Crippen LogP) is 3.72. The zero-order valence-corrected chi connectivity index (χ0v) is 14.7. The standard InChI is InChI=1S/C20H23N3O2/c1-13-5-6-17-16(12-25-18(17)8-13)9-19(24)23-7-3-4-15(11-23)20-21-10-14(2)22-20/h5-6,8,10,12,15H,3-4,7,9,11H2,1-2H3,(H,21,22)/t15-/m1/s1. The molecule has 5 nitrogen and oxygen atoms in total. The number of imidazole rings is 1. The van der Waals surface area contributed by atoms with Crippen molar-refractivity contribution in [1.82, 2.24) is 14.9 Å². The number of likely N-dealkylation sites (tertiary alicyclic amines) is 1. The number of H-pyrrole nitrogens is 1. The SMILES string of the molecule is Cc1ccc2c(CC(=O)N3CCC[C@@H](c4ncc(C)[nH]4)C3)coc2c1. The maximum Gasteiger partial charge on any atom is 0.227 e. The minimum atomic E-state index is 0.163. The summed E-state index contributed by atoms with van der Waals surface area (Å²) >= 11 is 0. The molecule has 0 unspecified atom stereocenters. The van der Waals surface area contributed by atoms with Gasteiger partial charge in [-0.15, -0.1) is 0 Å². The van der Waals surface area contributed by atoms with Crippen molar-refractivity contribution in [3.8, 4) is 0 Å². The molecule has 1 amide bonds. The fraction of sp³-hybridized carbons (Fsp3) is 0.400. The van der Waals surface area contributed by atoms with E-state index in [0.717, 1.165) is 59.5 Å². The number of aromatic nitrogens is 2. The summed E-state index contributed by atoms with van der Waals surface area (Å²) < 4.78 is 5.63. The van der Waals surface area contributed by atoms with E-state index in [1.54, 1.807) is 6.26 Å². The van der Waals surface area contributed by atoms with Gasteiger partial charge in [0.2, 0.25) is 5.91 Å². The number of nitrogens with zero attached hydrogens (tertiary/aromatic N) is 2. The Morgan fingerprint density at radius 3 is 3.08 bits per heavy atom. The number of furan rings is 1. The first kappa shape index (κ1) is 15.9. The highest BCUT2D eigenvalue weighted by Crippen LogP contribution is 2.27. The van der Waals surface area contributed by atoms with E-state index in [1.807, 2.05) is 37.1 Å². The van der Waals surface area contributed by atoms with Gasteiger partial charge in [0.25, 0.3) is 0 Å². The molecule has 0 bridgehead atoms. The Balaban J connectivity index is 1.48. The summed E-state index contributed by atoms with van der Waals surface area (Å²) in [4.78, 5) is 22.5. The average Bonchev–Trinajstić information content (AvgIpc) is 3.21. The summed E-state index contributed by atoms with van der Waals surface area (Å²) in [5.74, 6) is 1.46. The molecule has 2 aromatic heterocycles. The largest absolute Gasteiger partial charge is 0.464 e. The number of amides is 1. The van der Waals surface area contributed by atoms with Crippen molar-refractivity contribution < 1.29 is 9.21 Å². The summed E-state index contributed by atoms with van der Waals surface area (Å²) in [6.07, 6.45) is 6.06. The van der Waals surface area contributed by atoms with Gasteiger partial charge < -0.3 is 14.3 Å². The van der Waals surface area contributed by atoms with Crippen LogP contribution < -0.4 is 0 Å². The number of rotatable bonds is 3. The van der Waals surface area contributed by atoms with Crippen molar-refractivity contribution in [2.24, 2.45) is 0 Å². The Kier molecular flexibility index (Phi) is 4.07. The quantitative estimate of drug-likeness (QED) is 0.792. The molecule has 1 N–H and O–H groups in total. The lowest BCUT2D eigenvalue weighted by Crippen LogP contribution is -2.40. The van der Waals surface area contributed by atoms with Gasteiger partial charge in [-0.1, -0.05) is 12.1 Å². The molecule has 1 aliphatic rings. The van der Waals surface area contributed by atoms with Crippen LogP contribution in [0.5, 0.6) is 0 Å². The number of aromatic amines is 1. The molecule has 1 fully saturated rings. The number of aryl methyl sites for hydroxylation is 2. The van der Waals surface area contributed by atoms with Crippen LogP contribution in [0.15, 0.2) is 35.1 Å². The predicted molar refractivity (Wildman–Crippen MR) is 96.5 cm³/mol. The highest BCUT2D eigenvalue weighted by atomic mass is 16.3. The van der Waals surface area contributed by atoms with Gasteiger partial charge in [0.15, 0.2) is 0 Å². The Bertz CT molecular complexity index is 909. The summed E-state index contributed by atoms with van der Waals surface area (Å²) in [7, 11) is 0. The topological polar surface area (TPSA) is 62.1 Å². The van der Waals surface area contributed by atoms with Gasteiger partial charge >= 0.3 is 0 Å². The molecule has 1 aromatic carbocycles. The average molecular weight is 337 g/mol. The first-order chi connectivity index (χ1) is 12.1. The lowest BCUT2D eigenvalue weighted by Gasteiger charge is -2.32. The van der Waals surface area contributed by atoms with Gasteiger partial charge in [0, 0.05) is 41.8 Å². The highest BCUT2D eigenvalue weighted by Gasteiger charge is 2.27. The lowest BCUT2D eigenvalue weighted by molar-refractivity contribution is -0.131. The van der Waals surface area contributed by atoms with E-state index in [4.69, 9.17) is 4.42 Å². The Hall–Kier alpha value is -2.56. The van der Waals surface area contributed by atoms with Crippen LogP contribution in [0, 0.1) is 13.8 Å². The van der Waals surface area contributed by atoms with Crippen molar-refractivity contribution >= 4 is 16.9 Å². The number of carbonyl (C=O) groups is 1. The zero-order chi connectivity index (χ0) is 17.4. The highest BCUT2D eigenvalue weighted by molar-refractivity contribution is 5.88. The van der Waals surface area contributed by atoms with E-state index in [1.165, 1.54) is 0 Å². The molecule has 5 heteroatoms. The summed E-state index contributed by atoms with van der Waals surface area (Å²) in [6, 6.07) is 6.11. The molecule has 0 aliphatic carbocycles. The number of fused-ring (bicyclic) bond motifs is 1. The monoisotopic (exact) mass is 337 g/mol. The molecule has 25 heavy (non-hydrogen) atoms. The van der Waals surface area contributed by atoms with Gasteiger partial charge in [0.1, 0.15) is 11.4 Å². The molecule has 0 radical (unpaired) electrons. The third-order valence-electron chi connectivity index (χ3n) is 5.04. The molecule has 1 saturated heterocycles. The molecule has 3 aromatic rings. The van der Waals surface area contributed by atoms with Gasteiger partial charge in [-0.25, -0.2) is 4.98 Å². The van der Waals surface area contributed by atoms with Crippen LogP contribution in [-0.4, -0.2) is 33.9 Å². The minimum absolute atomic E-state index is 0.163. The normalized spacial score (nSPS) is 18.0. The van der Waals surface area contributed by atoms with Crippen LogP contribution in [0.3, 0.4) is 0 Å². The van der Waals surface area contributed by atoms with E-state index < -0.39 is 0 Å². The van der Waals surface area contributed by atoms with Crippen molar-refractivity contribution in [3.05, 3.63) is 53.3 Å². The second-order valence-electron chi connectivity index (χ2n) is 7.07. The summed E-state index contributed by atoms with van der Waals surface area (Å²) in [6.45, 7) is 5.61. The molecule has 3 heterocycles. The maximum absolute atomic E-state index is 12.8. The van der Waals surface area contributed by atoms with Crippen molar-refractivity contribution in [1.29, 1.82) is 0 Å². The number of hydrogen-bond donors (Lipinski definition) is 1. The first-order valence-corrected chi connectivity index (χ1v) is 8.86. The molecular weight excluding hydrogens is 314 g/mol. The summed E-state index contributed by atoms with van der Waals surface area (Å²) in [5.41, 5.74) is 4.05. The third kappa shape index (κ3) is 3.18. The Morgan fingerprint density at radius 1 is 1.40 bits per heavy atom. The van der Waals surface area contributed by atoms with Crippen molar-refractivity contribution in [3.63, 3.8) is 0 Å². The fourth-order valence-corrected chi connectivity index (χ4v) is 3.67. The first-order valence-electron chi connectivity index (χ1n) is 8.86. The molecule has 130 valence electrons. The third-order valence-corrected chi connectivity index (χ3v) is 5.04. The van der Waals surface area contributed by atoms with Gasteiger partial charge in [-0.05, 0) is 38.3 Å². The van der Waals surface area contributed by atoms with Crippen LogP contribution in [0.4, 0.5) is 0 Å². The lowest BCUT2D eigenvalue weighted by atomic mass is 9.96. The zero-order valence-electron chi connectivity index (χ0n) is 14.7. The Morgan fingerprint density at radius 2 is 2.28 bits per heavy atom. The Labute approximate surface area is 147 Å². The van der Waals surface area contributed by atoms with Gasteiger partial charge in [-0.3, -0.25) is 4.79 Å². The number of nitrogens with one attached hydrogen (secondary N) is 1. The molecule has 1 atom stereocenters. The second kappa shape index (κ2) is 6.39. The number of piperidine rings is 1. The van der Waals surface area contributed by atoms with E-state index in [2.05, 4.69) is 16.0 Å². The smallest absolute Gasteiger partial charge is 0.227 e. The minimum Gasteiger partial charge on any atom is -0.464 e. The molecule has 4 rings (SSSR count). The van der Waals surface area contributed by atoms with Crippen LogP contribution in [0.1, 0.15) is 41.4 Å². The number of carbonyl (C=O) groups excluding carboxylic acids is 1. The van der Waals surface area contributed by atoms with E-state index >= 15 is 0 Å². The summed E-state index contributed by atoms with van der Waals surface area (Å²) in [5, 5.41) is 1.04.